The Morgan fingerprint density at radius 1 is 1.25 bits per heavy atom. The van der Waals surface area contributed by atoms with Crippen molar-refractivity contribution in [3.05, 3.63) is 41.0 Å². The van der Waals surface area contributed by atoms with E-state index in [1.165, 1.54) is 0 Å². The summed E-state index contributed by atoms with van der Waals surface area (Å²) in [5, 5.41) is 0. The van der Waals surface area contributed by atoms with Crippen molar-refractivity contribution in [2.45, 2.75) is 19.9 Å². The van der Waals surface area contributed by atoms with Crippen LogP contribution >= 0.6 is 15.9 Å². The second kappa shape index (κ2) is 4.90. The van der Waals surface area contributed by atoms with E-state index in [1.54, 1.807) is 6.20 Å². The third-order valence-corrected chi connectivity index (χ3v) is 3.71. The Kier molecular flexibility index (Phi) is 3.22. The van der Waals surface area contributed by atoms with Gasteiger partial charge < -0.3 is 10.3 Å². The van der Waals surface area contributed by atoms with Gasteiger partial charge in [0, 0.05) is 16.7 Å². The van der Waals surface area contributed by atoms with Gasteiger partial charge in [-0.2, -0.15) is 0 Å². The Hall–Kier alpha value is -1.88. The number of rotatable bonds is 2. The van der Waals surface area contributed by atoms with E-state index in [9.17, 15) is 0 Å². The van der Waals surface area contributed by atoms with Crippen molar-refractivity contribution in [3.8, 4) is 11.5 Å². The lowest BCUT2D eigenvalue weighted by Gasteiger charge is -2.13. The second-order valence-corrected chi connectivity index (χ2v) is 5.89. The van der Waals surface area contributed by atoms with Gasteiger partial charge in [-0.15, -0.1) is 0 Å². The molecule has 4 nitrogen and oxygen atoms in total. The van der Waals surface area contributed by atoms with E-state index >= 15 is 0 Å². The minimum absolute atomic E-state index is 0.276. The molecule has 5 heteroatoms. The highest BCUT2D eigenvalue weighted by Gasteiger charge is 2.17. The molecule has 102 valence electrons. The zero-order valence-corrected chi connectivity index (χ0v) is 12.9. The fourth-order valence-corrected chi connectivity index (χ4v) is 2.72. The quantitative estimate of drug-likeness (QED) is 0.771. The molecule has 0 saturated carbocycles. The van der Waals surface area contributed by atoms with Crippen LogP contribution in [0.15, 0.2) is 41.0 Å². The maximum absolute atomic E-state index is 6.05. The number of nitrogens with two attached hydrogens (primary N) is 1. The third kappa shape index (κ3) is 2.08. The van der Waals surface area contributed by atoms with Gasteiger partial charge in [0.1, 0.15) is 5.69 Å². The lowest BCUT2D eigenvalue weighted by Crippen LogP contribution is -2.05. The van der Waals surface area contributed by atoms with Gasteiger partial charge in [-0.1, -0.05) is 15.9 Å². The SMILES string of the molecule is CC(C)n1c(-c2ncccc2N)nc2cc(Br)ccc21. The van der Waals surface area contributed by atoms with Gasteiger partial charge in [-0.25, -0.2) is 4.98 Å². The molecule has 0 fully saturated rings. The molecule has 0 amide bonds. The first kappa shape index (κ1) is 13.1. The fourth-order valence-electron chi connectivity index (χ4n) is 2.37. The second-order valence-electron chi connectivity index (χ2n) is 4.97. The van der Waals surface area contributed by atoms with Crippen LogP contribution in [0.2, 0.25) is 0 Å². The Labute approximate surface area is 125 Å². The minimum Gasteiger partial charge on any atom is -0.397 e. The summed E-state index contributed by atoms with van der Waals surface area (Å²) < 4.78 is 3.18. The smallest absolute Gasteiger partial charge is 0.162 e. The predicted molar refractivity (Wildman–Crippen MR) is 85.5 cm³/mol. The lowest BCUT2D eigenvalue weighted by molar-refractivity contribution is 0.623. The van der Waals surface area contributed by atoms with E-state index in [1.807, 2.05) is 24.3 Å². The fraction of sp³-hybridized carbons (Fsp3) is 0.200. The Morgan fingerprint density at radius 3 is 2.75 bits per heavy atom. The summed E-state index contributed by atoms with van der Waals surface area (Å²) in [7, 11) is 0. The molecule has 1 aromatic carbocycles. The van der Waals surface area contributed by atoms with Crippen LogP contribution in [0.3, 0.4) is 0 Å². The number of hydrogen-bond donors (Lipinski definition) is 1. The van der Waals surface area contributed by atoms with Gasteiger partial charge in [0.05, 0.1) is 16.7 Å². The molecule has 20 heavy (non-hydrogen) atoms. The zero-order chi connectivity index (χ0) is 14.3. The van der Waals surface area contributed by atoms with E-state index in [4.69, 9.17) is 10.7 Å². The van der Waals surface area contributed by atoms with Crippen LogP contribution in [0.25, 0.3) is 22.6 Å². The number of benzene rings is 1. The van der Waals surface area contributed by atoms with Gasteiger partial charge in [0.2, 0.25) is 0 Å². The molecule has 0 bridgehead atoms. The van der Waals surface area contributed by atoms with Crippen molar-refractivity contribution in [2.24, 2.45) is 0 Å². The van der Waals surface area contributed by atoms with Crippen LogP contribution in [0, 0.1) is 0 Å². The van der Waals surface area contributed by atoms with Crippen LogP contribution in [0.4, 0.5) is 5.69 Å². The number of pyridine rings is 1. The lowest BCUT2D eigenvalue weighted by atomic mass is 10.2. The maximum atomic E-state index is 6.05. The number of hydrogen-bond acceptors (Lipinski definition) is 3. The average molecular weight is 331 g/mol. The molecule has 0 radical (unpaired) electrons. The molecule has 2 heterocycles. The Morgan fingerprint density at radius 2 is 2.05 bits per heavy atom. The molecule has 0 unspecified atom stereocenters. The molecule has 0 aliphatic carbocycles. The molecule has 2 aromatic heterocycles. The summed E-state index contributed by atoms with van der Waals surface area (Å²) in [4.78, 5) is 9.11. The van der Waals surface area contributed by atoms with Crippen molar-refractivity contribution >= 4 is 32.7 Å². The summed E-state index contributed by atoms with van der Waals surface area (Å²) in [6, 6.07) is 10.1. The molecule has 0 spiro atoms. The van der Waals surface area contributed by atoms with Crippen LogP contribution in [0.1, 0.15) is 19.9 Å². The Balaban J connectivity index is 2.35. The van der Waals surface area contributed by atoms with E-state index in [0.717, 1.165) is 27.0 Å². The highest BCUT2D eigenvalue weighted by Crippen LogP contribution is 2.31. The Bertz CT molecular complexity index is 777. The molecular formula is C15H15BrN4. The summed E-state index contributed by atoms with van der Waals surface area (Å²) >= 11 is 3.48. The number of nitrogens with zero attached hydrogens (tertiary/aromatic N) is 3. The molecular weight excluding hydrogens is 316 g/mol. The number of fused-ring (bicyclic) bond motifs is 1. The maximum Gasteiger partial charge on any atom is 0.162 e. The number of halogens is 1. The zero-order valence-electron chi connectivity index (χ0n) is 11.3. The van der Waals surface area contributed by atoms with Crippen molar-refractivity contribution in [3.63, 3.8) is 0 Å². The highest BCUT2D eigenvalue weighted by atomic mass is 79.9. The van der Waals surface area contributed by atoms with E-state index < -0.39 is 0 Å². The van der Waals surface area contributed by atoms with Gasteiger partial charge in [-0.05, 0) is 44.2 Å². The summed E-state index contributed by atoms with van der Waals surface area (Å²) in [5.74, 6) is 0.811. The van der Waals surface area contributed by atoms with Crippen molar-refractivity contribution < 1.29 is 0 Å². The topological polar surface area (TPSA) is 56.7 Å². The number of anilines is 1. The first-order valence-corrected chi connectivity index (χ1v) is 7.25. The summed E-state index contributed by atoms with van der Waals surface area (Å²) in [6.45, 7) is 4.26. The standard InChI is InChI=1S/C15H15BrN4/c1-9(2)20-13-6-5-10(16)8-12(13)19-15(20)14-11(17)4-3-7-18-14/h3-9H,17H2,1-2H3. The first-order valence-electron chi connectivity index (χ1n) is 6.46. The van der Waals surface area contributed by atoms with Crippen molar-refractivity contribution in [2.75, 3.05) is 5.73 Å². The van der Waals surface area contributed by atoms with Gasteiger partial charge in [-0.3, -0.25) is 4.98 Å². The first-order chi connectivity index (χ1) is 9.58. The molecule has 0 aliphatic heterocycles. The van der Waals surface area contributed by atoms with Crippen molar-refractivity contribution in [1.29, 1.82) is 0 Å². The number of nitrogen functional groups attached to an aromatic ring is 1. The van der Waals surface area contributed by atoms with Crippen LogP contribution in [-0.4, -0.2) is 14.5 Å². The number of aromatic nitrogens is 3. The monoisotopic (exact) mass is 330 g/mol. The average Bonchev–Trinajstić information content (AvgIpc) is 2.77. The molecule has 0 aliphatic rings. The third-order valence-electron chi connectivity index (χ3n) is 3.22. The predicted octanol–water partition coefficient (Wildman–Crippen LogP) is 4.02. The normalized spacial score (nSPS) is 11.4. The van der Waals surface area contributed by atoms with E-state index in [2.05, 4.69) is 45.4 Å². The summed E-state index contributed by atoms with van der Waals surface area (Å²) in [6.07, 6.45) is 1.74. The van der Waals surface area contributed by atoms with E-state index in [0.29, 0.717) is 5.69 Å². The summed E-state index contributed by atoms with van der Waals surface area (Å²) in [5.41, 5.74) is 9.45. The molecule has 2 N–H and O–H groups in total. The molecule has 0 atom stereocenters. The largest absolute Gasteiger partial charge is 0.397 e. The van der Waals surface area contributed by atoms with Crippen LogP contribution in [0.5, 0.6) is 0 Å². The van der Waals surface area contributed by atoms with Crippen LogP contribution < -0.4 is 5.73 Å². The molecule has 3 rings (SSSR count). The number of imidazole rings is 1. The van der Waals surface area contributed by atoms with E-state index in [-0.39, 0.29) is 6.04 Å². The van der Waals surface area contributed by atoms with Crippen molar-refractivity contribution in [1.82, 2.24) is 14.5 Å². The van der Waals surface area contributed by atoms with Gasteiger partial charge in [0.15, 0.2) is 5.82 Å². The molecule has 0 saturated heterocycles. The molecule has 3 aromatic rings. The van der Waals surface area contributed by atoms with Gasteiger partial charge in [0.25, 0.3) is 0 Å². The van der Waals surface area contributed by atoms with Crippen LogP contribution in [-0.2, 0) is 0 Å². The van der Waals surface area contributed by atoms with Gasteiger partial charge >= 0.3 is 0 Å². The minimum atomic E-state index is 0.276. The highest BCUT2D eigenvalue weighted by molar-refractivity contribution is 9.10.